The molecule has 2 aromatic carbocycles. The first-order valence-electron chi connectivity index (χ1n) is 7.63. The predicted molar refractivity (Wildman–Crippen MR) is 88.0 cm³/mol. The molecule has 116 valence electrons. The van der Waals surface area contributed by atoms with Gasteiger partial charge in [-0.1, -0.05) is 55.0 Å². The Bertz CT molecular complexity index is 738. The van der Waals surface area contributed by atoms with Crippen molar-refractivity contribution in [3.8, 4) is 0 Å². The van der Waals surface area contributed by atoms with Crippen LogP contribution in [0.4, 0.5) is 0 Å². The zero-order valence-electron chi connectivity index (χ0n) is 12.9. The van der Waals surface area contributed by atoms with Crippen LogP contribution in [0.3, 0.4) is 0 Å². The van der Waals surface area contributed by atoms with Crippen LogP contribution in [0, 0.1) is 12.8 Å². The number of rotatable bonds is 3. The summed E-state index contributed by atoms with van der Waals surface area (Å²) in [6.45, 7) is 4.67. The van der Waals surface area contributed by atoms with Gasteiger partial charge in [0.15, 0.2) is 0 Å². The van der Waals surface area contributed by atoms with Crippen LogP contribution in [-0.4, -0.2) is 19.3 Å². The van der Waals surface area contributed by atoms with E-state index in [2.05, 4.69) is 6.92 Å². The van der Waals surface area contributed by atoms with Crippen LogP contribution in [0.25, 0.3) is 0 Å². The molecule has 0 amide bonds. The monoisotopic (exact) mass is 315 g/mol. The third-order valence-electron chi connectivity index (χ3n) is 4.42. The summed E-state index contributed by atoms with van der Waals surface area (Å²) in [6, 6.07) is 17.0. The Morgan fingerprint density at radius 3 is 2.27 bits per heavy atom. The van der Waals surface area contributed by atoms with Crippen molar-refractivity contribution in [2.45, 2.75) is 31.2 Å². The minimum absolute atomic E-state index is 0.0764. The highest BCUT2D eigenvalue weighted by Crippen LogP contribution is 2.40. The lowest BCUT2D eigenvalue weighted by molar-refractivity contribution is 0.357. The van der Waals surface area contributed by atoms with E-state index in [0.29, 0.717) is 17.4 Å². The molecule has 0 N–H and O–H groups in total. The molecule has 0 bridgehead atoms. The Hall–Kier alpha value is -1.65. The number of sulfonamides is 1. The summed E-state index contributed by atoms with van der Waals surface area (Å²) in [6.07, 6.45) is 0.894. The molecule has 3 rings (SSSR count). The molecule has 0 aliphatic carbocycles. The average Bonchev–Trinajstić information content (AvgIpc) is 2.91. The Morgan fingerprint density at radius 1 is 1.00 bits per heavy atom. The quantitative estimate of drug-likeness (QED) is 0.864. The van der Waals surface area contributed by atoms with E-state index in [1.54, 1.807) is 16.4 Å². The van der Waals surface area contributed by atoms with Crippen molar-refractivity contribution >= 4 is 10.0 Å². The lowest BCUT2D eigenvalue weighted by Gasteiger charge is -2.27. The van der Waals surface area contributed by atoms with Crippen molar-refractivity contribution in [2.24, 2.45) is 5.92 Å². The van der Waals surface area contributed by atoms with Gasteiger partial charge in [-0.05, 0) is 37.0 Å². The van der Waals surface area contributed by atoms with E-state index >= 15 is 0 Å². The standard InChI is InChI=1S/C18H21NO2S/c1-14-8-10-17(11-9-14)22(20,21)19-13-12-15(2)18(19)16-6-4-3-5-7-16/h3-11,15,18H,12-13H2,1-2H3/t15-,18+/m0/s1. The molecule has 1 aliphatic heterocycles. The van der Waals surface area contributed by atoms with E-state index in [1.165, 1.54) is 0 Å². The molecule has 1 saturated heterocycles. The Morgan fingerprint density at radius 2 is 1.64 bits per heavy atom. The van der Waals surface area contributed by atoms with E-state index < -0.39 is 10.0 Å². The second-order valence-electron chi connectivity index (χ2n) is 6.05. The van der Waals surface area contributed by atoms with Crippen LogP contribution in [0.5, 0.6) is 0 Å². The lowest BCUT2D eigenvalue weighted by atomic mass is 9.96. The average molecular weight is 315 g/mol. The third-order valence-corrected chi connectivity index (χ3v) is 6.32. The van der Waals surface area contributed by atoms with Crippen molar-refractivity contribution in [1.82, 2.24) is 4.31 Å². The van der Waals surface area contributed by atoms with Crippen molar-refractivity contribution in [3.63, 3.8) is 0 Å². The second kappa shape index (κ2) is 5.86. The van der Waals surface area contributed by atoms with Crippen LogP contribution in [0.1, 0.15) is 30.5 Å². The maximum absolute atomic E-state index is 13.0. The van der Waals surface area contributed by atoms with Gasteiger partial charge in [0.05, 0.1) is 10.9 Å². The molecule has 22 heavy (non-hydrogen) atoms. The third kappa shape index (κ3) is 2.69. The molecule has 1 heterocycles. The molecule has 0 unspecified atom stereocenters. The molecule has 0 spiro atoms. The molecule has 0 saturated carbocycles. The second-order valence-corrected chi connectivity index (χ2v) is 7.94. The van der Waals surface area contributed by atoms with E-state index in [9.17, 15) is 8.42 Å². The van der Waals surface area contributed by atoms with Gasteiger partial charge in [-0.2, -0.15) is 4.31 Å². The zero-order chi connectivity index (χ0) is 15.7. The van der Waals surface area contributed by atoms with E-state index in [4.69, 9.17) is 0 Å². The molecule has 1 aliphatic rings. The minimum atomic E-state index is -3.45. The summed E-state index contributed by atoms with van der Waals surface area (Å²) in [5, 5.41) is 0. The molecular formula is C18H21NO2S. The normalized spacial score (nSPS) is 22.8. The molecule has 4 heteroatoms. The molecule has 2 aromatic rings. The summed E-state index contributed by atoms with van der Waals surface area (Å²) >= 11 is 0. The number of nitrogens with zero attached hydrogens (tertiary/aromatic N) is 1. The summed E-state index contributed by atoms with van der Waals surface area (Å²) < 4.78 is 27.7. The maximum atomic E-state index is 13.0. The highest BCUT2D eigenvalue weighted by molar-refractivity contribution is 7.89. The van der Waals surface area contributed by atoms with Crippen molar-refractivity contribution in [3.05, 3.63) is 65.7 Å². The maximum Gasteiger partial charge on any atom is 0.243 e. The first kappa shape index (κ1) is 15.3. The Labute approximate surface area is 132 Å². The summed E-state index contributed by atoms with van der Waals surface area (Å²) in [7, 11) is -3.45. The molecule has 2 atom stereocenters. The van der Waals surface area contributed by atoms with Crippen molar-refractivity contribution in [1.29, 1.82) is 0 Å². The minimum Gasteiger partial charge on any atom is -0.207 e. The summed E-state index contributed by atoms with van der Waals surface area (Å²) in [5.74, 6) is 0.322. The van der Waals surface area contributed by atoms with Crippen molar-refractivity contribution < 1.29 is 8.42 Å². The van der Waals surface area contributed by atoms with Gasteiger partial charge in [0.1, 0.15) is 0 Å². The Balaban J connectivity index is 2.00. The van der Waals surface area contributed by atoms with E-state index in [-0.39, 0.29) is 6.04 Å². The fourth-order valence-electron chi connectivity index (χ4n) is 3.17. The number of benzene rings is 2. The van der Waals surface area contributed by atoms with Gasteiger partial charge in [-0.15, -0.1) is 0 Å². The largest absolute Gasteiger partial charge is 0.243 e. The highest BCUT2D eigenvalue weighted by Gasteiger charge is 2.40. The highest BCUT2D eigenvalue weighted by atomic mass is 32.2. The van der Waals surface area contributed by atoms with Gasteiger partial charge in [0, 0.05) is 6.54 Å². The van der Waals surface area contributed by atoms with Crippen LogP contribution in [0.2, 0.25) is 0 Å². The Kier molecular flexibility index (Phi) is 4.06. The fraction of sp³-hybridized carbons (Fsp3) is 0.333. The van der Waals surface area contributed by atoms with Gasteiger partial charge in [0.2, 0.25) is 10.0 Å². The van der Waals surface area contributed by atoms with E-state index in [1.807, 2.05) is 49.4 Å². The molecule has 0 aromatic heterocycles. The topological polar surface area (TPSA) is 37.4 Å². The van der Waals surface area contributed by atoms with Crippen molar-refractivity contribution in [2.75, 3.05) is 6.54 Å². The van der Waals surface area contributed by atoms with Gasteiger partial charge in [-0.25, -0.2) is 8.42 Å². The van der Waals surface area contributed by atoms with Crippen LogP contribution >= 0.6 is 0 Å². The zero-order valence-corrected chi connectivity index (χ0v) is 13.8. The SMILES string of the molecule is Cc1ccc(S(=O)(=O)N2CC[C@H](C)[C@@H]2c2ccccc2)cc1. The van der Waals surface area contributed by atoms with Crippen LogP contribution in [-0.2, 0) is 10.0 Å². The molecule has 3 nitrogen and oxygen atoms in total. The molecular weight excluding hydrogens is 294 g/mol. The summed E-state index contributed by atoms with van der Waals surface area (Å²) in [5.41, 5.74) is 2.14. The van der Waals surface area contributed by atoms with Crippen LogP contribution in [0.15, 0.2) is 59.5 Å². The van der Waals surface area contributed by atoms with Gasteiger partial charge < -0.3 is 0 Å². The lowest BCUT2D eigenvalue weighted by Crippen LogP contribution is -2.31. The fourth-order valence-corrected chi connectivity index (χ4v) is 4.90. The number of hydrogen-bond acceptors (Lipinski definition) is 2. The van der Waals surface area contributed by atoms with E-state index in [0.717, 1.165) is 17.5 Å². The smallest absolute Gasteiger partial charge is 0.207 e. The van der Waals surface area contributed by atoms with Gasteiger partial charge in [-0.3, -0.25) is 0 Å². The summed E-state index contributed by atoms with van der Waals surface area (Å²) in [4.78, 5) is 0.383. The number of hydrogen-bond donors (Lipinski definition) is 0. The predicted octanol–water partition coefficient (Wildman–Crippen LogP) is 3.77. The molecule has 1 fully saturated rings. The van der Waals surface area contributed by atoms with Gasteiger partial charge in [0.25, 0.3) is 0 Å². The van der Waals surface area contributed by atoms with Gasteiger partial charge >= 0.3 is 0 Å². The first-order valence-corrected chi connectivity index (χ1v) is 9.07. The van der Waals surface area contributed by atoms with Crippen LogP contribution < -0.4 is 0 Å². The first-order chi connectivity index (χ1) is 10.5. The molecule has 0 radical (unpaired) electrons. The number of aryl methyl sites for hydroxylation is 1.